The van der Waals surface area contributed by atoms with Gasteiger partial charge in [-0.25, -0.2) is 0 Å². The first kappa shape index (κ1) is 18.1. The first-order valence-corrected chi connectivity index (χ1v) is 10.1. The summed E-state index contributed by atoms with van der Waals surface area (Å²) in [4.78, 5) is 4.14. The third-order valence-electron chi connectivity index (χ3n) is 5.16. The van der Waals surface area contributed by atoms with E-state index < -0.39 is 0 Å². The van der Waals surface area contributed by atoms with Gasteiger partial charge in [0.15, 0.2) is 0 Å². The van der Waals surface area contributed by atoms with Gasteiger partial charge < -0.3 is 4.90 Å². The zero-order valence-electron chi connectivity index (χ0n) is 16.6. The molecule has 4 nitrogen and oxygen atoms in total. The molecule has 30 heavy (non-hydrogen) atoms. The maximum absolute atomic E-state index is 4.72. The van der Waals surface area contributed by atoms with Crippen molar-refractivity contribution in [2.24, 2.45) is 0 Å². The molecule has 0 fully saturated rings. The van der Waals surface area contributed by atoms with E-state index in [-0.39, 0.29) is 0 Å². The van der Waals surface area contributed by atoms with Crippen LogP contribution >= 0.6 is 0 Å². The first-order chi connectivity index (χ1) is 14.9. The lowest BCUT2D eigenvalue weighted by molar-refractivity contribution is 0.741. The van der Waals surface area contributed by atoms with E-state index >= 15 is 0 Å². The number of anilines is 1. The number of fused-ring (bicyclic) bond motifs is 1. The van der Waals surface area contributed by atoms with E-state index in [1.54, 1.807) is 4.80 Å². The van der Waals surface area contributed by atoms with Gasteiger partial charge in [0.1, 0.15) is 16.7 Å². The highest BCUT2D eigenvalue weighted by Crippen LogP contribution is 2.27. The van der Waals surface area contributed by atoms with Gasteiger partial charge in [-0.3, -0.25) is 0 Å². The van der Waals surface area contributed by atoms with E-state index in [0.29, 0.717) is 0 Å². The smallest absolute Gasteiger partial charge is 0.113 e. The highest BCUT2D eigenvalue weighted by molar-refractivity contribution is 5.74. The molecule has 1 aromatic heterocycles. The van der Waals surface area contributed by atoms with Crippen LogP contribution in [0.1, 0.15) is 11.1 Å². The third kappa shape index (κ3) is 3.80. The average molecular weight is 390 g/mol. The van der Waals surface area contributed by atoms with Crippen LogP contribution in [0.4, 0.5) is 5.69 Å². The Labute approximate surface area is 176 Å². The van der Waals surface area contributed by atoms with Crippen LogP contribution in [0.3, 0.4) is 0 Å². The molecule has 0 atom stereocenters. The van der Waals surface area contributed by atoms with Crippen LogP contribution in [-0.4, -0.2) is 15.0 Å². The van der Waals surface area contributed by atoms with E-state index in [1.807, 2.05) is 30.3 Å². The molecule has 0 saturated heterocycles. The second-order valence-electron chi connectivity index (χ2n) is 7.29. The van der Waals surface area contributed by atoms with Gasteiger partial charge in [-0.2, -0.15) is 0 Å². The van der Waals surface area contributed by atoms with Crippen molar-refractivity contribution in [2.75, 3.05) is 4.90 Å². The molecule has 146 valence electrons. The summed E-state index contributed by atoms with van der Waals surface area (Å²) in [5.41, 5.74) is 6.39. The lowest BCUT2D eigenvalue weighted by Crippen LogP contribution is -2.24. The Kier molecular flexibility index (Phi) is 4.96. The number of aromatic nitrogens is 3. The molecule has 5 aromatic rings. The second-order valence-corrected chi connectivity index (χ2v) is 7.29. The fraction of sp³-hybridized carbons (Fsp3) is 0.0769. The van der Waals surface area contributed by atoms with Gasteiger partial charge >= 0.3 is 0 Å². The van der Waals surface area contributed by atoms with Crippen LogP contribution in [0.2, 0.25) is 0 Å². The number of nitrogens with zero attached hydrogens (tertiary/aromatic N) is 4. The van der Waals surface area contributed by atoms with Gasteiger partial charge in [-0.15, -0.1) is 15.0 Å². The summed E-state index contributed by atoms with van der Waals surface area (Å²) in [5, 5.41) is 9.44. The van der Waals surface area contributed by atoms with Gasteiger partial charge in [0.25, 0.3) is 0 Å². The largest absolute Gasteiger partial charge is 0.361 e. The summed E-state index contributed by atoms with van der Waals surface area (Å²) in [6, 6.07) is 37.4. The summed E-state index contributed by atoms with van der Waals surface area (Å²) < 4.78 is 0. The lowest BCUT2D eigenvalue weighted by Gasteiger charge is -2.27. The van der Waals surface area contributed by atoms with E-state index in [1.165, 1.54) is 11.1 Å². The Morgan fingerprint density at radius 3 is 1.57 bits per heavy atom. The lowest BCUT2D eigenvalue weighted by atomic mass is 10.1. The van der Waals surface area contributed by atoms with Crippen molar-refractivity contribution in [3.63, 3.8) is 0 Å². The monoisotopic (exact) mass is 390 g/mol. The molecule has 0 aliphatic carbocycles. The molecule has 0 amide bonds. The molecule has 0 aliphatic rings. The predicted octanol–water partition coefficient (Wildman–Crippen LogP) is 5.63. The van der Waals surface area contributed by atoms with Crippen molar-refractivity contribution in [3.05, 3.63) is 120 Å². The molecule has 0 radical (unpaired) electrons. The van der Waals surface area contributed by atoms with E-state index in [4.69, 9.17) is 10.2 Å². The first-order valence-electron chi connectivity index (χ1n) is 10.1. The number of hydrogen-bond donors (Lipinski definition) is 0. The van der Waals surface area contributed by atoms with E-state index in [2.05, 4.69) is 83.8 Å². The van der Waals surface area contributed by atoms with Crippen molar-refractivity contribution in [1.82, 2.24) is 15.0 Å². The fourth-order valence-corrected chi connectivity index (χ4v) is 3.70. The van der Waals surface area contributed by atoms with Crippen molar-refractivity contribution >= 4 is 16.7 Å². The highest BCUT2D eigenvalue weighted by Gasteiger charge is 2.15. The Morgan fingerprint density at radius 2 is 1.00 bits per heavy atom. The summed E-state index contributed by atoms with van der Waals surface area (Å²) in [7, 11) is 0. The third-order valence-corrected chi connectivity index (χ3v) is 5.16. The average Bonchev–Trinajstić information content (AvgIpc) is 3.24. The molecule has 4 aromatic carbocycles. The fourth-order valence-electron chi connectivity index (χ4n) is 3.70. The number of benzene rings is 4. The van der Waals surface area contributed by atoms with Crippen LogP contribution in [0, 0.1) is 0 Å². The molecule has 4 heteroatoms. The topological polar surface area (TPSA) is 34.0 Å². The van der Waals surface area contributed by atoms with Crippen LogP contribution in [0.15, 0.2) is 109 Å². The molecular weight excluding hydrogens is 368 g/mol. The summed E-state index contributed by atoms with van der Waals surface area (Å²) in [6.07, 6.45) is 0. The van der Waals surface area contributed by atoms with E-state index in [0.717, 1.165) is 35.5 Å². The summed E-state index contributed by atoms with van der Waals surface area (Å²) >= 11 is 0. The van der Waals surface area contributed by atoms with Crippen molar-refractivity contribution in [1.29, 1.82) is 0 Å². The maximum Gasteiger partial charge on any atom is 0.113 e. The van der Waals surface area contributed by atoms with Crippen LogP contribution in [0.5, 0.6) is 0 Å². The Morgan fingerprint density at radius 1 is 0.533 bits per heavy atom. The standard InChI is InChI=1S/C26H22N4/c1-3-11-21(12-4-1)19-29(20-22-13-5-2-6-14-22)25-17-9-10-18-26(25)30-27-23-15-7-8-16-24(23)28-30/h1-18H,19-20H2. The SMILES string of the molecule is c1ccc(CN(Cc2ccccc2)c2ccccc2-n2nc3ccccc3n2)cc1. The molecule has 5 rings (SSSR count). The molecule has 0 spiro atoms. The molecule has 0 aliphatic heterocycles. The zero-order valence-corrected chi connectivity index (χ0v) is 16.6. The van der Waals surface area contributed by atoms with E-state index in [9.17, 15) is 0 Å². The molecular formula is C26H22N4. The van der Waals surface area contributed by atoms with Gasteiger partial charge in [-0.1, -0.05) is 84.9 Å². The zero-order chi connectivity index (χ0) is 20.2. The second kappa shape index (κ2) is 8.21. The summed E-state index contributed by atoms with van der Waals surface area (Å²) in [6.45, 7) is 1.60. The minimum atomic E-state index is 0.799. The normalized spacial score (nSPS) is 10.9. The molecule has 0 N–H and O–H groups in total. The number of hydrogen-bond acceptors (Lipinski definition) is 3. The van der Waals surface area contributed by atoms with Crippen molar-refractivity contribution < 1.29 is 0 Å². The van der Waals surface area contributed by atoms with Crippen molar-refractivity contribution in [3.8, 4) is 5.69 Å². The highest BCUT2D eigenvalue weighted by atomic mass is 15.5. The van der Waals surface area contributed by atoms with Gasteiger partial charge in [0.05, 0.1) is 5.69 Å². The Balaban J connectivity index is 1.58. The quantitative estimate of drug-likeness (QED) is 0.377. The minimum Gasteiger partial charge on any atom is -0.361 e. The predicted molar refractivity (Wildman–Crippen MR) is 122 cm³/mol. The van der Waals surface area contributed by atoms with Gasteiger partial charge in [0.2, 0.25) is 0 Å². The number of para-hydroxylation sites is 2. The minimum absolute atomic E-state index is 0.799. The molecule has 1 heterocycles. The van der Waals surface area contributed by atoms with Crippen molar-refractivity contribution in [2.45, 2.75) is 13.1 Å². The molecule has 0 unspecified atom stereocenters. The summed E-state index contributed by atoms with van der Waals surface area (Å²) in [5.74, 6) is 0. The number of rotatable bonds is 6. The maximum atomic E-state index is 4.72. The molecule has 0 saturated carbocycles. The van der Waals surface area contributed by atoms with Gasteiger partial charge in [0, 0.05) is 13.1 Å². The van der Waals surface area contributed by atoms with Crippen LogP contribution in [0.25, 0.3) is 16.7 Å². The Bertz CT molecular complexity index is 1170. The van der Waals surface area contributed by atoms with Gasteiger partial charge in [-0.05, 0) is 35.4 Å². The molecule has 0 bridgehead atoms. The van der Waals surface area contributed by atoms with Crippen LogP contribution < -0.4 is 4.90 Å². The Hall–Kier alpha value is -3.92. The van der Waals surface area contributed by atoms with Crippen LogP contribution in [-0.2, 0) is 13.1 Å².